The standard InChI is InChI=1S/C19H25N5O2/c1-5-18(25)20-11-16-9-7-6-8-15(16)10-19(26)23(4)12-17-22-21-13-24(17)14(2)3/h5-9,13-14H,1,10-12H2,2-4H3,(H,20,25). The van der Waals surface area contributed by atoms with Crippen molar-refractivity contribution in [1.29, 1.82) is 0 Å². The van der Waals surface area contributed by atoms with Gasteiger partial charge in [-0.15, -0.1) is 10.2 Å². The van der Waals surface area contributed by atoms with Crippen molar-refractivity contribution in [3.05, 3.63) is 60.2 Å². The van der Waals surface area contributed by atoms with Crippen LogP contribution in [0.3, 0.4) is 0 Å². The van der Waals surface area contributed by atoms with Gasteiger partial charge in [0, 0.05) is 19.6 Å². The Balaban J connectivity index is 2.03. The average Bonchev–Trinajstić information content (AvgIpc) is 3.09. The summed E-state index contributed by atoms with van der Waals surface area (Å²) in [5.41, 5.74) is 1.80. The predicted molar refractivity (Wildman–Crippen MR) is 99.1 cm³/mol. The minimum Gasteiger partial charge on any atom is -0.348 e. The first kappa shape index (κ1) is 19.4. The number of rotatable bonds is 8. The van der Waals surface area contributed by atoms with Crippen LogP contribution in [0.4, 0.5) is 0 Å². The number of hydrogen-bond acceptors (Lipinski definition) is 4. The van der Waals surface area contributed by atoms with E-state index in [0.717, 1.165) is 17.0 Å². The molecule has 0 spiro atoms. The van der Waals surface area contributed by atoms with Crippen molar-refractivity contribution in [2.75, 3.05) is 7.05 Å². The zero-order valence-corrected chi connectivity index (χ0v) is 15.5. The molecule has 2 aromatic rings. The van der Waals surface area contributed by atoms with Gasteiger partial charge in [0.05, 0.1) is 13.0 Å². The number of amides is 2. The monoisotopic (exact) mass is 355 g/mol. The Kier molecular flexibility index (Phi) is 6.66. The Morgan fingerprint density at radius 2 is 2.00 bits per heavy atom. The predicted octanol–water partition coefficient (Wildman–Crippen LogP) is 1.86. The van der Waals surface area contributed by atoms with E-state index in [2.05, 4.69) is 22.1 Å². The van der Waals surface area contributed by atoms with Crippen LogP contribution in [0.25, 0.3) is 0 Å². The second-order valence-electron chi connectivity index (χ2n) is 6.37. The quantitative estimate of drug-likeness (QED) is 0.733. The third kappa shape index (κ3) is 5.02. The van der Waals surface area contributed by atoms with Crippen molar-refractivity contribution in [3.63, 3.8) is 0 Å². The fourth-order valence-electron chi connectivity index (χ4n) is 2.57. The first-order valence-electron chi connectivity index (χ1n) is 8.51. The van der Waals surface area contributed by atoms with Gasteiger partial charge < -0.3 is 14.8 Å². The maximum atomic E-state index is 12.6. The third-order valence-corrected chi connectivity index (χ3v) is 4.11. The molecule has 26 heavy (non-hydrogen) atoms. The summed E-state index contributed by atoms with van der Waals surface area (Å²) >= 11 is 0. The van der Waals surface area contributed by atoms with E-state index in [1.54, 1.807) is 18.3 Å². The van der Waals surface area contributed by atoms with Crippen molar-refractivity contribution in [3.8, 4) is 0 Å². The number of carbonyl (C=O) groups excluding carboxylic acids is 2. The molecule has 0 unspecified atom stereocenters. The Labute approximate surface area is 153 Å². The van der Waals surface area contributed by atoms with E-state index in [-0.39, 0.29) is 24.3 Å². The Hall–Kier alpha value is -2.96. The zero-order valence-electron chi connectivity index (χ0n) is 15.5. The average molecular weight is 355 g/mol. The summed E-state index contributed by atoms with van der Waals surface area (Å²) in [6.45, 7) is 8.28. The largest absolute Gasteiger partial charge is 0.348 e. The van der Waals surface area contributed by atoms with Crippen LogP contribution in [0.2, 0.25) is 0 Å². The van der Waals surface area contributed by atoms with Gasteiger partial charge >= 0.3 is 0 Å². The second kappa shape index (κ2) is 8.94. The molecule has 0 bridgehead atoms. The number of nitrogens with one attached hydrogen (secondary N) is 1. The minimum atomic E-state index is -0.240. The van der Waals surface area contributed by atoms with Gasteiger partial charge in [-0.3, -0.25) is 9.59 Å². The molecule has 0 fully saturated rings. The summed E-state index contributed by atoms with van der Waals surface area (Å²) in [4.78, 5) is 25.6. The summed E-state index contributed by atoms with van der Waals surface area (Å²) in [5.74, 6) is 0.490. The van der Waals surface area contributed by atoms with Gasteiger partial charge in [0.25, 0.3) is 0 Å². The van der Waals surface area contributed by atoms with Crippen LogP contribution in [0.5, 0.6) is 0 Å². The van der Waals surface area contributed by atoms with Crippen molar-refractivity contribution < 1.29 is 9.59 Å². The van der Waals surface area contributed by atoms with Gasteiger partial charge in [0.2, 0.25) is 11.8 Å². The molecule has 1 aromatic heterocycles. The Morgan fingerprint density at radius 1 is 1.31 bits per heavy atom. The van der Waals surface area contributed by atoms with Crippen LogP contribution >= 0.6 is 0 Å². The lowest BCUT2D eigenvalue weighted by atomic mass is 10.0. The van der Waals surface area contributed by atoms with Crippen LogP contribution in [0.1, 0.15) is 36.8 Å². The van der Waals surface area contributed by atoms with E-state index < -0.39 is 0 Å². The summed E-state index contributed by atoms with van der Waals surface area (Å²) in [5, 5.41) is 10.8. The number of likely N-dealkylation sites (N-methyl/N-ethyl adjacent to an activating group) is 1. The number of hydrogen-bond donors (Lipinski definition) is 1. The molecular weight excluding hydrogens is 330 g/mol. The highest BCUT2D eigenvalue weighted by Gasteiger charge is 2.16. The molecule has 7 heteroatoms. The summed E-state index contributed by atoms with van der Waals surface area (Å²) in [6.07, 6.45) is 3.16. The molecule has 0 saturated carbocycles. The topological polar surface area (TPSA) is 80.1 Å². The number of nitrogens with zero attached hydrogens (tertiary/aromatic N) is 4. The maximum absolute atomic E-state index is 12.6. The molecule has 0 aliphatic rings. The van der Waals surface area contributed by atoms with Crippen molar-refractivity contribution >= 4 is 11.8 Å². The number of aromatic nitrogens is 3. The Morgan fingerprint density at radius 3 is 2.65 bits per heavy atom. The van der Waals surface area contributed by atoms with E-state index in [1.165, 1.54) is 6.08 Å². The van der Waals surface area contributed by atoms with Gasteiger partial charge in [-0.05, 0) is 31.1 Å². The van der Waals surface area contributed by atoms with Crippen LogP contribution in [0.15, 0.2) is 43.2 Å². The summed E-state index contributed by atoms with van der Waals surface area (Å²) < 4.78 is 1.95. The van der Waals surface area contributed by atoms with Crippen molar-refractivity contribution in [2.24, 2.45) is 0 Å². The number of benzene rings is 1. The van der Waals surface area contributed by atoms with E-state index in [4.69, 9.17) is 0 Å². The van der Waals surface area contributed by atoms with Gasteiger partial charge in [0.1, 0.15) is 6.33 Å². The van der Waals surface area contributed by atoms with Crippen LogP contribution in [-0.4, -0.2) is 38.5 Å². The Bertz CT molecular complexity index is 782. The SMILES string of the molecule is C=CC(=O)NCc1ccccc1CC(=O)N(C)Cc1nncn1C(C)C. The molecule has 1 N–H and O–H groups in total. The van der Waals surface area contributed by atoms with Crippen molar-refractivity contribution in [2.45, 2.75) is 39.4 Å². The first-order valence-corrected chi connectivity index (χ1v) is 8.51. The van der Waals surface area contributed by atoms with Crippen LogP contribution in [-0.2, 0) is 29.1 Å². The second-order valence-corrected chi connectivity index (χ2v) is 6.37. The minimum absolute atomic E-state index is 0.0224. The zero-order chi connectivity index (χ0) is 19.1. The lowest BCUT2D eigenvalue weighted by molar-refractivity contribution is -0.129. The molecule has 0 aliphatic carbocycles. The van der Waals surface area contributed by atoms with Crippen molar-refractivity contribution in [1.82, 2.24) is 25.0 Å². The highest BCUT2D eigenvalue weighted by Crippen LogP contribution is 2.13. The molecule has 1 aromatic carbocycles. The van der Waals surface area contributed by atoms with Gasteiger partial charge in [-0.25, -0.2) is 0 Å². The maximum Gasteiger partial charge on any atom is 0.243 e. The summed E-state index contributed by atoms with van der Waals surface area (Å²) in [7, 11) is 1.75. The van der Waals surface area contributed by atoms with E-state index >= 15 is 0 Å². The highest BCUT2D eigenvalue weighted by atomic mass is 16.2. The molecule has 1 heterocycles. The molecule has 0 radical (unpaired) electrons. The first-order chi connectivity index (χ1) is 12.4. The summed E-state index contributed by atoms with van der Waals surface area (Å²) in [6, 6.07) is 7.81. The van der Waals surface area contributed by atoms with Gasteiger partial charge in [-0.2, -0.15) is 0 Å². The molecule has 0 atom stereocenters. The van der Waals surface area contributed by atoms with E-state index in [9.17, 15) is 9.59 Å². The van der Waals surface area contributed by atoms with Gasteiger partial charge in [-0.1, -0.05) is 30.8 Å². The number of carbonyl (C=O) groups is 2. The van der Waals surface area contributed by atoms with Gasteiger partial charge in [0.15, 0.2) is 5.82 Å². The highest BCUT2D eigenvalue weighted by molar-refractivity contribution is 5.86. The molecular formula is C19H25N5O2. The molecule has 0 saturated heterocycles. The lowest BCUT2D eigenvalue weighted by Gasteiger charge is -2.19. The normalized spacial score (nSPS) is 10.6. The lowest BCUT2D eigenvalue weighted by Crippen LogP contribution is -2.30. The fraction of sp³-hybridized carbons (Fsp3) is 0.368. The molecule has 0 aliphatic heterocycles. The smallest absolute Gasteiger partial charge is 0.243 e. The van der Waals surface area contributed by atoms with E-state index in [1.807, 2.05) is 42.7 Å². The molecule has 138 valence electrons. The fourth-order valence-corrected chi connectivity index (χ4v) is 2.57. The molecule has 7 nitrogen and oxygen atoms in total. The van der Waals surface area contributed by atoms with E-state index in [0.29, 0.717) is 13.1 Å². The van der Waals surface area contributed by atoms with Crippen LogP contribution < -0.4 is 5.32 Å². The molecule has 2 rings (SSSR count). The van der Waals surface area contributed by atoms with Crippen LogP contribution in [0, 0.1) is 0 Å². The molecule has 2 amide bonds. The third-order valence-electron chi connectivity index (χ3n) is 4.11.